The Labute approximate surface area is 42.4 Å². The summed E-state index contributed by atoms with van der Waals surface area (Å²) in [5.74, 6) is 0. The molecule has 0 amide bonds. The standard InChI is InChI=1S/C4H9NO2/c1-7-3-2-4(5)6/h2-4,6H,5H2,1H3/b3-2+/t4-/m1/s1. The van der Waals surface area contributed by atoms with Gasteiger partial charge < -0.3 is 15.6 Å². The van der Waals surface area contributed by atoms with E-state index in [9.17, 15) is 0 Å². The highest BCUT2D eigenvalue weighted by atomic mass is 16.5. The Morgan fingerprint density at radius 1 is 1.86 bits per heavy atom. The molecular formula is C4H9NO2. The number of methoxy groups -OCH3 is 1. The van der Waals surface area contributed by atoms with Crippen molar-refractivity contribution in [3.63, 3.8) is 0 Å². The monoisotopic (exact) mass is 103 g/mol. The lowest BCUT2D eigenvalue weighted by molar-refractivity contribution is 0.224. The van der Waals surface area contributed by atoms with E-state index >= 15 is 0 Å². The maximum atomic E-state index is 8.29. The summed E-state index contributed by atoms with van der Waals surface area (Å²) in [7, 11) is 1.48. The van der Waals surface area contributed by atoms with Gasteiger partial charge in [0.25, 0.3) is 0 Å². The summed E-state index contributed by atoms with van der Waals surface area (Å²) in [5.41, 5.74) is 4.87. The fourth-order valence-electron chi connectivity index (χ4n) is 0.159. The van der Waals surface area contributed by atoms with E-state index in [1.165, 1.54) is 19.4 Å². The van der Waals surface area contributed by atoms with Crippen molar-refractivity contribution in [1.82, 2.24) is 0 Å². The first kappa shape index (κ1) is 6.46. The highest BCUT2D eigenvalue weighted by Crippen LogP contribution is 1.73. The van der Waals surface area contributed by atoms with Crippen molar-refractivity contribution in [1.29, 1.82) is 0 Å². The molecule has 0 aromatic heterocycles. The van der Waals surface area contributed by atoms with Crippen molar-refractivity contribution in [3.05, 3.63) is 12.3 Å². The minimum absolute atomic E-state index is 0.903. The Morgan fingerprint density at radius 2 is 2.43 bits per heavy atom. The van der Waals surface area contributed by atoms with Crippen LogP contribution in [0.15, 0.2) is 12.3 Å². The smallest absolute Gasteiger partial charge is 0.124 e. The van der Waals surface area contributed by atoms with Crippen LogP contribution >= 0.6 is 0 Å². The number of nitrogens with two attached hydrogens (primary N) is 1. The average Bonchev–Trinajstić information content (AvgIpc) is 1.61. The number of ether oxygens (including phenoxy) is 1. The first-order valence-electron chi connectivity index (χ1n) is 1.90. The Balaban J connectivity index is 3.08. The third-order valence-electron chi connectivity index (χ3n) is 0.412. The summed E-state index contributed by atoms with van der Waals surface area (Å²) in [6.07, 6.45) is 1.75. The van der Waals surface area contributed by atoms with Gasteiger partial charge in [0, 0.05) is 0 Å². The molecule has 3 nitrogen and oxygen atoms in total. The van der Waals surface area contributed by atoms with E-state index in [0.717, 1.165) is 0 Å². The Hall–Kier alpha value is -0.540. The van der Waals surface area contributed by atoms with Gasteiger partial charge >= 0.3 is 0 Å². The fraction of sp³-hybridized carbons (Fsp3) is 0.500. The molecule has 3 heteroatoms. The molecule has 0 saturated carbocycles. The molecule has 0 spiro atoms. The zero-order chi connectivity index (χ0) is 5.70. The maximum absolute atomic E-state index is 8.29. The van der Waals surface area contributed by atoms with E-state index in [1.807, 2.05) is 0 Å². The highest BCUT2D eigenvalue weighted by Gasteiger charge is 1.80. The second kappa shape index (κ2) is 3.64. The van der Waals surface area contributed by atoms with E-state index < -0.39 is 6.23 Å². The number of hydrogen-bond acceptors (Lipinski definition) is 3. The Bertz CT molecular complexity index is 60.7. The van der Waals surface area contributed by atoms with E-state index in [0.29, 0.717) is 0 Å². The van der Waals surface area contributed by atoms with Crippen molar-refractivity contribution in [2.45, 2.75) is 6.23 Å². The maximum Gasteiger partial charge on any atom is 0.124 e. The first-order valence-corrected chi connectivity index (χ1v) is 1.90. The average molecular weight is 103 g/mol. The number of aliphatic hydroxyl groups excluding tert-OH is 1. The van der Waals surface area contributed by atoms with Crippen LogP contribution in [-0.2, 0) is 4.74 Å². The van der Waals surface area contributed by atoms with Crippen molar-refractivity contribution in [2.75, 3.05) is 7.11 Å². The quantitative estimate of drug-likeness (QED) is 0.363. The third-order valence-corrected chi connectivity index (χ3v) is 0.412. The van der Waals surface area contributed by atoms with E-state index in [4.69, 9.17) is 10.8 Å². The van der Waals surface area contributed by atoms with Gasteiger partial charge in [0.15, 0.2) is 0 Å². The predicted molar refractivity (Wildman–Crippen MR) is 26.3 cm³/mol. The minimum atomic E-state index is -0.903. The lowest BCUT2D eigenvalue weighted by Gasteiger charge is -1.91. The van der Waals surface area contributed by atoms with Gasteiger partial charge in [-0.05, 0) is 6.08 Å². The molecule has 0 fully saturated rings. The molecule has 0 aromatic carbocycles. The zero-order valence-corrected chi connectivity index (χ0v) is 4.16. The second-order valence-electron chi connectivity index (χ2n) is 1.05. The fourth-order valence-corrected chi connectivity index (χ4v) is 0.159. The molecule has 0 rings (SSSR count). The normalized spacial score (nSPS) is 14.7. The van der Waals surface area contributed by atoms with Crippen LogP contribution < -0.4 is 5.73 Å². The SMILES string of the molecule is CO/C=C/[C@H](N)O. The first-order chi connectivity index (χ1) is 3.27. The summed E-state index contributed by atoms with van der Waals surface area (Å²) >= 11 is 0. The zero-order valence-electron chi connectivity index (χ0n) is 4.16. The topological polar surface area (TPSA) is 55.5 Å². The largest absolute Gasteiger partial charge is 0.505 e. The number of hydrogen-bond donors (Lipinski definition) is 2. The van der Waals surface area contributed by atoms with Crippen molar-refractivity contribution < 1.29 is 9.84 Å². The van der Waals surface area contributed by atoms with Gasteiger partial charge in [-0.1, -0.05) is 0 Å². The molecule has 42 valence electrons. The summed E-state index contributed by atoms with van der Waals surface area (Å²) in [6, 6.07) is 0. The van der Waals surface area contributed by atoms with Crippen LogP contribution in [0.5, 0.6) is 0 Å². The number of rotatable bonds is 2. The lowest BCUT2D eigenvalue weighted by atomic mass is 10.6. The van der Waals surface area contributed by atoms with Crippen LogP contribution in [0.25, 0.3) is 0 Å². The molecule has 7 heavy (non-hydrogen) atoms. The van der Waals surface area contributed by atoms with E-state index in [1.54, 1.807) is 0 Å². The van der Waals surface area contributed by atoms with Crippen LogP contribution in [0.2, 0.25) is 0 Å². The molecule has 0 aliphatic rings. The molecule has 0 aliphatic heterocycles. The van der Waals surface area contributed by atoms with Gasteiger partial charge in [-0.15, -0.1) is 0 Å². The molecule has 1 atom stereocenters. The molecule has 0 bridgehead atoms. The van der Waals surface area contributed by atoms with Crippen LogP contribution in [-0.4, -0.2) is 18.4 Å². The molecule has 0 saturated heterocycles. The molecular weight excluding hydrogens is 94.0 g/mol. The predicted octanol–water partition coefficient (Wildman–Crippen LogP) is -0.576. The van der Waals surface area contributed by atoms with Gasteiger partial charge in [-0.25, -0.2) is 0 Å². The molecule has 0 aromatic rings. The molecule has 0 radical (unpaired) electrons. The summed E-state index contributed by atoms with van der Waals surface area (Å²) in [6.45, 7) is 0. The Kier molecular flexibility index (Phi) is 3.36. The van der Waals surface area contributed by atoms with Crippen LogP contribution in [0.1, 0.15) is 0 Å². The van der Waals surface area contributed by atoms with Crippen molar-refractivity contribution in [3.8, 4) is 0 Å². The van der Waals surface area contributed by atoms with Crippen LogP contribution in [0.4, 0.5) is 0 Å². The number of aliphatic hydroxyl groups is 1. The lowest BCUT2D eigenvalue weighted by Crippen LogP contribution is -2.14. The molecule has 0 heterocycles. The van der Waals surface area contributed by atoms with Crippen LogP contribution in [0.3, 0.4) is 0 Å². The van der Waals surface area contributed by atoms with Gasteiger partial charge in [0.05, 0.1) is 13.4 Å². The Morgan fingerprint density at radius 3 is 2.57 bits per heavy atom. The van der Waals surface area contributed by atoms with Crippen molar-refractivity contribution >= 4 is 0 Å². The van der Waals surface area contributed by atoms with Gasteiger partial charge in [-0.3, -0.25) is 0 Å². The summed E-state index contributed by atoms with van der Waals surface area (Å²) in [4.78, 5) is 0. The van der Waals surface area contributed by atoms with Crippen LogP contribution in [0, 0.1) is 0 Å². The van der Waals surface area contributed by atoms with Crippen molar-refractivity contribution in [2.24, 2.45) is 5.73 Å². The highest BCUT2D eigenvalue weighted by molar-refractivity contribution is 4.77. The molecule has 0 unspecified atom stereocenters. The van der Waals surface area contributed by atoms with E-state index in [2.05, 4.69) is 4.74 Å². The second-order valence-corrected chi connectivity index (χ2v) is 1.05. The van der Waals surface area contributed by atoms with Gasteiger partial charge in [-0.2, -0.15) is 0 Å². The summed E-state index contributed by atoms with van der Waals surface area (Å²) in [5, 5.41) is 8.29. The van der Waals surface area contributed by atoms with Gasteiger partial charge in [0.1, 0.15) is 6.23 Å². The molecule has 3 N–H and O–H groups in total. The third kappa shape index (κ3) is 5.46. The van der Waals surface area contributed by atoms with E-state index in [-0.39, 0.29) is 0 Å². The van der Waals surface area contributed by atoms with Gasteiger partial charge in [0.2, 0.25) is 0 Å². The summed E-state index contributed by atoms with van der Waals surface area (Å²) < 4.78 is 4.43. The molecule has 0 aliphatic carbocycles. The minimum Gasteiger partial charge on any atom is -0.505 e.